The van der Waals surface area contributed by atoms with E-state index >= 15 is 0 Å². The van der Waals surface area contributed by atoms with Gasteiger partial charge in [-0.15, -0.1) is 12.4 Å². The highest BCUT2D eigenvalue weighted by molar-refractivity contribution is 9.10. The van der Waals surface area contributed by atoms with Gasteiger partial charge in [-0.05, 0) is 187 Å². The molecule has 0 unspecified atom stereocenters. The number of rotatable bonds is 7. The third-order valence-electron chi connectivity index (χ3n) is 15.4. The van der Waals surface area contributed by atoms with Crippen molar-refractivity contribution < 1.29 is 98.7 Å². The van der Waals surface area contributed by atoms with Crippen LogP contribution in [0.5, 0.6) is 23.0 Å². The van der Waals surface area contributed by atoms with Gasteiger partial charge in [-0.2, -0.15) is 84.6 Å². The highest BCUT2D eigenvalue weighted by Crippen LogP contribution is 2.43. The van der Waals surface area contributed by atoms with E-state index in [-0.39, 0.29) is 96.6 Å². The van der Waals surface area contributed by atoms with Crippen molar-refractivity contribution in [2.45, 2.75) is 216 Å². The molecule has 3 fully saturated rings. The molecule has 4 N–H and O–H groups in total. The van der Waals surface area contributed by atoms with Gasteiger partial charge in [-0.3, -0.25) is 19.9 Å². The first-order valence-corrected chi connectivity index (χ1v) is 32.1. The lowest BCUT2D eigenvalue weighted by atomic mass is 9.86. The topological polar surface area (TPSA) is 209 Å². The van der Waals surface area contributed by atoms with Gasteiger partial charge in [0.05, 0.1) is 82.2 Å². The van der Waals surface area contributed by atoms with Gasteiger partial charge in [0, 0.05) is 54.9 Å². The summed E-state index contributed by atoms with van der Waals surface area (Å²) in [6.07, 6.45) is -2.90. The molecule has 0 spiro atoms. The van der Waals surface area contributed by atoms with Crippen LogP contribution in [0.3, 0.4) is 0 Å². The monoisotopic (exact) mass is 1710 g/mol. The van der Waals surface area contributed by atoms with Crippen LogP contribution in [0.25, 0.3) is 5.57 Å². The highest BCUT2D eigenvalue weighted by Gasteiger charge is 2.37. The van der Waals surface area contributed by atoms with E-state index in [0.717, 1.165) is 176 Å². The molecule has 0 radical (unpaired) electrons. The number of hydrogen-bond acceptors (Lipinski definition) is 13. The number of alkyl halides is 18. The molecule has 15 nitrogen and oxygen atoms in total. The lowest BCUT2D eigenvalue weighted by Crippen LogP contribution is -2.27. The largest absolute Gasteiger partial charge is 0.506 e. The molecule has 10 rings (SSSR count). The summed E-state index contributed by atoms with van der Waals surface area (Å²) < 4.78 is 235. The molecule has 1 aliphatic heterocycles. The molecule has 106 heavy (non-hydrogen) atoms. The van der Waals surface area contributed by atoms with Gasteiger partial charge in [0.15, 0.2) is 0 Å². The molecule has 37 heteroatoms. The predicted molar refractivity (Wildman–Crippen MR) is 383 cm³/mol. The second kappa shape index (κ2) is 48.6. The van der Waals surface area contributed by atoms with E-state index in [1.54, 1.807) is 13.8 Å². The number of pyridine rings is 6. The fourth-order valence-corrected chi connectivity index (χ4v) is 10.8. The Hall–Kier alpha value is -6.72. The van der Waals surface area contributed by atoms with Crippen LogP contribution >= 0.6 is 56.0 Å². The maximum absolute atomic E-state index is 12.6. The van der Waals surface area contributed by atoms with E-state index in [9.17, 15) is 84.1 Å². The number of allylic oxidation sites excluding steroid dienone is 2. The van der Waals surface area contributed by atoms with Crippen molar-refractivity contribution in [2.75, 3.05) is 27.3 Å². The lowest BCUT2D eigenvalue weighted by molar-refractivity contribution is -0.138. The number of nitrogens with one attached hydrogen (secondary N) is 2. The van der Waals surface area contributed by atoms with E-state index in [1.807, 2.05) is 0 Å². The summed E-state index contributed by atoms with van der Waals surface area (Å²) in [5, 5.41) is 26.8. The van der Waals surface area contributed by atoms with Crippen LogP contribution in [0.15, 0.2) is 104 Å². The Morgan fingerprint density at radius 2 is 0.792 bits per heavy atom. The van der Waals surface area contributed by atoms with E-state index < -0.39 is 76.2 Å². The van der Waals surface area contributed by atoms with Crippen LogP contribution in [0.1, 0.15) is 232 Å². The summed E-state index contributed by atoms with van der Waals surface area (Å²) in [7, 11) is 2.77. The van der Waals surface area contributed by atoms with Crippen LogP contribution in [0.2, 0.25) is 0 Å². The molecule has 602 valence electrons. The number of aromatic nitrogens is 6. The maximum atomic E-state index is 12.6. The number of hydrogen-bond donors (Lipinski definition) is 4. The lowest BCUT2D eigenvalue weighted by Gasteiger charge is -2.24. The average Bonchev–Trinajstić information content (AvgIpc) is 0.839. The van der Waals surface area contributed by atoms with Gasteiger partial charge in [0.25, 0.3) is 0 Å². The standard InChI is InChI=1S/C13H16F3NO.C13H14F3N.C12H15F3N2O.C12H14F3NO.C7H5BrF3N.C6H3BrF3NO.6CH4.ClHN4.ClH/c1-18-11-7-10(13(14,15)16)8-17-12(11)9-5-3-2-4-6-9;1-9-7-11(13(14,15)16)8-17-12(9)10-5-3-2-4-6-10;1-18-10-6-9(12(13,14)15)7-17-11(10)8-2-4-16-5-3-8;13-12(14,15)9-6-10(17)11(16-7-9)8-4-2-1-3-5-8;1-4-2-5(7(9,10)11)3-12-6(4)8;7-5-4(12)1-3(2-11-5)6(8,9)10;;;;;;;1-3-5-4-2;/h7-9H,2-6H2,1H3;5,7-8H,2-4,6H2,1H3;6-8,16H,2-5H2,1H3;6-8,17H,1-5H2;2-3H,1H3;1-2,12H;6*1H4;2H;1H. The number of aryl methyl sites for hydroxylation is 2. The molecule has 0 bridgehead atoms. The maximum Gasteiger partial charge on any atom is 0.418 e. The quantitative estimate of drug-likeness (QED) is 0.0511. The van der Waals surface area contributed by atoms with E-state index in [2.05, 4.69) is 100 Å². The van der Waals surface area contributed by atoms with Crippen LogP contribution in [0.4, 0.5) is 79.0 Å². The van der Waals surface area contributed by atoms with Gasteiger partial charge in [0.1, 0.15) is 32.2 Å². The number of ether oxygens (including phenoxy) is 2. The molecule has 0 amide bonds. The minimum absolute atomic E-state index is 0. The molecular formula is C69H93Br2Cl2F18N11O4. The Balaban J connectivity index is -0.000000577. The average molecular weight is 1710 g/mol. The summed E-state index contributed by atoms with van der Waals surface area (Å²) in [4.78, 5) is 22.6. The summed E-state index contributed by atoms with van der Waals surface area (Å²) in [5.74, 6) is 0.149. The van der Waals surface area contributed by atoms with Crippen molar-refractivity contribution in [1.29, 1.82) is 5.53 Å². The van der Waals surface area contributed by atoms with Gasteiger partial charge in [0.2, 0.25) is 0 Å². The molecule has 1 saturated heterocycles. The smallest absolute Gasteiger partial charge is 0.418 e. The number of methoxy groups -OCH3 is 2. The Morgan fingerprint density at radius 1 is 0.453 bits per heavy atom. The van der Waals surface area contributed by atoms with E-state index in [0.29, 0.717) is 45.1 Å². The van der Waals surface area contributed by atoms with E-state index in [1.165, 1.54) is 26.7 Å². The molecule has 7 heterocycles. The van der Waals surface area contributed by atoms with Gasteiger partial charge < -0.3 is 25.0 Å². The third kappa shape index (κ3) is 34.7. The molecule has 0 aromatic carbocycles. The SMILES string of the molecule is C.C.C.C.C.C.COc1cc(C(F)(F)F)cnc1C1CCCCC1.COc1cc(C(F)(F)F)cnc1C1CCNCC1.Cc1cc(C(F)(F)F)cnc1Br.Cc1cc(C(F)(F)F)cnc1C1=CCCCC1.Cl.N=NN=NCl.Oc1cc(C(F)(F)F)cnc1Br.Oc1cc(C(F)(F)F)cnc1C1CCCCC1. The Bertz CT molecular complexity index is 3450. The summed E-state index contributed by atoms with van der Waals surface area (Å²) in [6.45, 7) is 4.96. The van der Waals surface area contributed by atoms with Crippen LogP contribution in [-0.4, -0.2) is 67.4 Å². The van der Waals surface area contributed by atoms with Gasteiger partial charge >= 0.3 is 37.1 Å². The van der Waals surface area contributed by atoms with Crippen LogP contribution < -0.4 is 14.8 Å². The second-order valence-electron chi connectivity index (χ2n) is 22.4. The predicted octanol–water partition coefficient (Wildman–Crippen LogP) is 26.5. The van der Waals surface area contributed by atoms with Crippen LogP contribution in [0, 0.1) is 19.4 Å². The molecule has 0 atom stereocenters. The normalized spacial score (nSPS) is 14.7. The molecule has 4 aliphatic rings. The number of aromatic hydroxyl groups is 2. The van der Waals surface area contributed by atoms with Gasteiger partial charge in [-0.25, -0.2) is 9.97 Å². The number of nitrogens with zero attached hydrogens (tertiary/aromatic N) is 9. The van der Waals surface area contributed by atoms with Gasteiger partial charge in [-0.1, -0.05) is 93.8 Å². The Labute approximate surface area is 635 Å². The highest BCUT2D eigenvalue weighted by atomic mass is 79.9. The van der Waals surface area contributed by atoms with Crippen molar-refractivity contribution >= 4 is 61.6 Å². The number of piperidine rings is 1. The fourth-order valence-electron chi connectivity index (χ4n) is 10.4. The fraction of sp³-hybridized carbons (Fsp3) is 0.536. The van der Waals surface area contributed by atoms with Crippen molar-refractivity contribution in [3.63, 3.8) is 0 Å². The van der Waals surface area contributed by atoms with Crippen molar-refractivity contribution in [3.8, 4) is 23.0 Å². The van der Waals surface area contributed by atoms with Crippen molar-refractivity contribution in [3.05, 3.63) is 156 Å². The molecule has 3 aliphatic carbocycles. The zero-order valence-electron chi connectivity index (χ0n) is 53.5. The Kier molecular flexibility index (Phi) is 48.5. The summed E-state index contributed by atoms with van der Waals surface area (Å²) in [5.41, 5.74) is 5.72. The first-order chi connectivity index (χ1) is 46.2. The zero-order valence-corrected chi connectivity index (χ0v) is 58.3. The second-order valence-corrected chi connectivity index (χ2v) is 24.1. The Morgan fingerprint density at radius 3 is 1.12 bits per heavy atom. The van der Waals surface area contributed by atoms with Crippen molar-refractivity contribution in [1.82, 2.24) is 35.2 Å². The molecular weight excluding hydrogens is 1620 g/mol. The summed E-state index contributed by atoms with van der Waals surface area (Å²) in [6, 6.07) is 5.70. The van der Waals surface area contributed by atoms with E-state index in [4.69, 9.17) is 20.1 Å². The number of halogens is 22. The minimum Gasteiger partial charge on any atom is -0.506 e. The summed E-state index contributed by atoms with van der Waals surface area (Å²) >= 11 is 10.3. The molecule has 6 aromatic heterocycles. The van der Waals surface area contributed by atoms with Crippen molar-refractivity contribution in [2.24, 2.45) is 15.1 Å². The zero-order chi connectivity index (χ0) is 74.1. The molecule has 2 saturated carbocycles. The first-order valence-electron chi connectivity index (χ1n) is 30.2. The third-order valence-corrected chi connectivity index (χ3v) is 16.9. The molecule has 6 aromatic rings. The minimum atomic E-state index is -4.47. The van der Waals surface area contributed by atoms with Crippen LogP contribution in [-0.2, 0) is 37.1 Å². The first kappa shape index (κ1) is 106.